The first kappa shape index (κ1) is 25.5. The van der Waals surface area contributed by atoms with Gasteiger partial charge >= 0.3 is 0 Å². The quantitative estimate of drug-likeness (QED) is 0.458. The number of hydrogen-bond donors (Lipinski definition) is 3. The molecule has 8 heavy (non-hydrogen) atoms. The molecule has 3 nitrogen and oxygen atoms in total. The fraction of sp³-hybridized carbons (Fsp3) is 0.600. The van der Waals surface area contributed by atoms with Gasteiger partial charge in [0.1, 0.15) is 0 Å². The summed E-state index contributed by atoms with van der Waals surface area (Å²) in [5.41, 5.74) is 5.03. The lowest BCUT2D eigenvalue weighted by Crippen LogP contribution is -1.93. The van der Waals surface area contributed by atoms with Gasteiger partial charge < -0.3 is 18.0 Å². The number of rotatable bonds is 1. The molecule has 0 unspecified atom stereocenters. The monoisotopic (exact) mass is 121 g/mol. The summed E-state index contributed by atoms with van der Waals surface area (Å²) < 4.78 is 0. The second-order valence-corrected chi connectivity index (χ2v) is 0.789. The Labute approximate surface area is 52.1 Å². The third kappa shape index (κ3) is 312. The van der Waals surface area contributed by atoms with Crippen LogP contribution in [0.1, 0.15) is 13.3 Å². The molecule has 0 saturated carbocycles. The molecule has 0 amide bonds. The zero-order valence-electron chi connectivity index (χ0n) is 5.82. The third-order valence-corrected chi connectivity index (χ3v) is 0.289. The molecule has 0 heterocycles. The van der Waals surface area contributed by atoms with Gasteiger partial charge in [-0.3, -0.25) is 0 Å². The fourth-order valence-corrected chi connectivity index (χ4v) is 0. The molecule has 3 heteroatoms. The second-order valence-electron chi connectivity index (χ2n) is 0.789. The molecule has 0 radical (unpaired) electrons. The van der Waals surface area contributed by atoms with E-state index in [1.165, 1.54) is 0 Å². The highest BCUT2D eigenvalue weighted by atomic mass is 14.5. The second kappa shape index (κ2) is 79.7. The molecule has 0 aromatic carbocycles. The third-order valence-electron chi connectivity index (χ3n) is 0.289. The van der Waals surface area contributed by atoms with Crippen molar-refractivity contribution in [3.63, 3.8) is 0 Å². The molecule has 0 fully saturated rings. The van der Waals surface area contributed by atoms with E-state index in [0.29, 0.717) is 0 Å². The van der Waals surface area contributed by atoms with Gasteiger partial charge in [-0.2, -0.15) is 0 Å². The fourth-order valence-electron chi connectivity index (χ4n) is 0. The largest absolute Gasteiger partial charge is 0.344 e. The lowest BCUT2D eigenvalue weighted by atomic mass is 10.5. The molecule has 0 saturated heterocycles. The van der Waals surface area contributed by atoms with Crippen LogP contribution in [0.25, 0.3) is 0 Å². The van der Waals surface area contributed by atoms with Crippen molar-refractivity contribution < 1.29 is 0 Å². The zero-order chi connectivity index (χ0) is 5.41. The molecule has 8 N–H and O–H groups in total. The smallest absolute Gasteiger partial charge is 0.00799 e. The maximum Gasteiger partial charge on any atom is -0.00799 e. The standard InChI is InChI=1S/C3H9N.C2H4.2H3N/c1-2-3-4;1-2;;/h2-4H2,1H3;1-2H2;2*1H3. The van der Waals surface area contributed by atoms with Gasteiger partial charge in [-0.05, 0) is 13.0 Å². The van der Waals surface area contributed by atoms with E-state index < -0.39 is 0 Å². The Kier molecular flexibility index (Phi) is 254. The van der Waals surface area contributed by atoms with Crippen molar-refractivity contribution in [3.05, 3.63) is 13.2 Å². The maximum atomic E-state index is 5.03. The Hall–Kier alpha value is -0.380. The molecule has 0 aliphatic carbocycles. The number of hydrogen-bond acceptors (Lipinski definition) is 3. The lowest BCUT2D eigenvalue weighted by molar-refractivity contribution is 0.932. The summed E-state index contributed by atoms with van der Waals surface area (Å²) in [5, 5.41) is 0. The summed E-state index contributed by atoms with van der Waals surface area (Å²) in [4.78, 5) is 0. The molecule has 0 bridgehead atoms. The van der Waals surface area contributed by atoms with Gasteiger partial charge in [0.05, 0.1) is 0 Å². The van der Waals surface area contributed by atoms with Gasteiger partial charge in [0.2, 0.25) is 0 Å². The predicted molar refractivity (Wildman–Crippen MR) is 40.6 cm³/mol. The van der Waals surface area contributed by atoms with Crippen molar-refractivity contribution in [1.29, 1.82) is 0 Å². The molecule has 0 aliphatic rings. The molecule has 0 rings (SSSR count). The zero-order valence-corrected chi connectivity index (χ0v) is 5.82. The molecule has 0 aliphatic heterocycles. The van der Waals surface area contributed by atoms with E-state index >= 15 is 0 Å². The predicted octanol–water partition coefficient (Wildman–Crippen LogP) is 1.48. The highest BCUT2D eigenvalue weighted by molar-refractivity contribution is 4.22. The van der Waals surface area contributed by atoms with Crippen LogP contribution in [0.2, 0.25) is 0 Å². The Bertz CT molecular complexity index is 15.1. The molecule has 0 atom stereocenters. The van der Waals surface area contributed by atoms with Crippen molar-refractivity contribution in [2.75, 3.05) is 6.54 Å². The minimum atomic E-state index is 0. The molecule has 54 valence electrons. The van der Waals surface area contributed by atoms with Crippen LogP contribution in [0.4, 0.5) is 0 Å². The van der Waals surface area contributed by atoms with Crippen molar-refractivity contribution in [2.24, 2.45) is 5.73 Å². The van der Waals surface area contributed by atoms with Gasteiger partial charge in [-0.25, -0.2) is 0 Å². The normalized spacial score (nSPS) is 4.25. The average molecular weight is 121 g/mol. The van der Waals surface area contributed by atoms with Crippen molar-refractivity contribution >= 4 is 0 Å². The van der Waals surface area contributed by atoms with Crippen molar-refractivity contribution in [2.45, 2.75) is 13.3 Å². The highest BCUT2D eigenvalue weighted by Crippen LogP contribution is 1.57. The van der Waals surface area contributed by atoms with Crippen LogP contribution < -0.4 is 18.0 Å². The summed E-state index contributed by atoms with van der Waals surface area (Å²) in [6, 6.07) is 0. The van der Waals surface area contributed by atoms with E-state index in [1.54, 1.807) is 0 Å². The maximum absolute atomic E-state index is 5.03. The molecular formula is C5H19N3. The van der Waals surface area contributed by atoms with Crippen LogP contribution in [-0.4, -0.2) is 6.54 Å². The summed E-state index contributed by atoms with van der Waals surface area (Å²) in [5.74, 6) is 0. The van der Waals surface area contributed by atoms with E-state index in [9.17, 15) is 0 Å². The van der Waals surface area contributed by atoms with Gasteiger partial charge in [-0.1, -0.05) is 6.92 Å². The summed E-state index contributed by atoms with van der Waals surface area (Å²) >= 11 is 0. The SMILES string of the molecule is C=C.CCCN.N.N. The van der Waals surface area contributed by atoms with Gasteiger partial charge in [0.15, 0.2) is 0 Å². The van der Waals surface area contributed by atoms with Gasteiger partial charge in [0.25, 0.3) is 0 Å². The summed E-state index contributed by atoms with van der Waals surface area (Å²) in [7, 11) is 0. The average Bonchev–Trinajstić information content (AvgIpc) is 1.72. The van der Waals surface area contributed by atoms with E-state index in [0.717, 1.165) is 13.0 Å². The van der Waals surface area contributed by atoms with E-state index in [4.69, 9.17) is 5.73 Å². The van der Waals surface area contributed by atoms with Crippen molar-refractivity contribution in [3.8, 4) is 0 Å². The minimum absolute atomic E-state index is 0. The van der Waals surface area contributed by atoms with Crippen LogP contribution in [0.3, 0.4) is 0 Å². The van der Waals surface area contributed by atoms with Crippen LogP contribution >= 0.6 is 0 Å². The summed E-state index contributed by atoms with van der Waals surface area (Å²) in [6.45, 7) is 8.88. The molecular weight excluding hydrogens is 102 g/mol. The first-order chi connectivity index (χ1) is 2.91. The topological polar surface area (TPSA) is 96.0 Å². The minimum Gasteiger partial charge on any atom is -0.344 e. The van der Waals surface area contributed by atoms with Gasteiger partial charge in [-0.15, -0.1) is 13.2 Å². The Balaban J connectivity index is -0.0000000183. The van der Waals surface area contributed by atoms with Crippen molar-refractivity contribution in [1.82, 2.24) is 12.3 Å². The van der Waals surface area contributed by atoms with Crippen LogP contribution in [-0.2, 0) is 0 Å². The number of nitrogens with two attached hydrogens (primary N) is 1. The van der Waals surface area contributed by atoms with Crippen LogP contribution in [0, 0.1) is 0 Å². The van der Waals surface area contributed by atoms with Crippen LogP contribution in [0.15, 0.2) is 13.2 Å². The Morgan fingerprint density at radius 1 is 1.25 bits per heavy atom. The highest BCUT2D eigenvalue weighted by Gasteiger charge is 1.55. The molecule has 0 aromatic rings. The Morgan fingerprint density at radius 3 is 1.38 bits per heavy atom. The van der Waals surface area contributed by atoms with Gasteiger partial charge in [0, 0.05) is 0 Å². The van der Waals surface area contributed by atoms with E-state index in [1.807, 2.05) is 0 Å². The molecule has 0 spiro atoms. The molecule has 0 aromatic heterocycles. The summed E-state index contributed by atoms with van der Waals surface area (Å²) in [6.07, 6.45) is 1.10. The van der Waals surface area contributed by atoms with E-state index in [2.05, 4.69) is 20.1 Å². The first-order valence-electron chi connectivity index (χ1n) is 2.12. The lowest BCUT2D eigenvalue weighted by Gasteiger charge is -1.70. The Morgan fingerprint density at radius 2 is 1.38 bits per heavy atom. The van der Waals surface area contributed by atoms with E-state index in [-0.39, 0.29) is 12.3 Å². The van der Waals surface area contributed by atoms with Crippen LogP contribution in [0.5, 0.6) is 0 Å². The first-order valence-corrected chi connectivity index (χ1v) is 2.12.